The fourth-order valence-corrected chi connectivity index (χ4v) is 1.71. The first-order chi connectivity index (χ1) is 9.38. The highest BCUT2D eigenvalue weighted by Crippen LogP contribution is 2.35. The third-order valence-corrected chi connectivity index (χ3v) is 2.54. The van der Waals surface area contributed by atoms with Gasteiger partial charge in [-0.25, -0.2) is 9.59 Å². The lowest BCUT2D eigenvalue weighted by molar-refractivity contribution is -0.165. The van der Waals surface area contributed by atoms with E-state index in [9.17, 15) is 19.8 Å². The van der Waals surface area contributed by atoms with E-state index in [0.717, 1.165) is 6.08 Å². The van der Waals surface area contributed by atoms with Gasteiger partial charge in [-0.1, -0.05) is 0 Å². The minimum atomic E-state index is -2.01. The summed E-state index contributed by atoms with van der Waals surface area (Å²) in [6, 6.07) is 0. The minimum absolute atomic E-state index is 0.0864. The normalized spacial score (nSPS) is 28.0. The number of aliphatic hydroxyl groups excluding tert-OH is 1. The molecule has 8 heteroatoms. The molecule has 0 fully saturated rings. The van der Waals surface area contributed by atoms with E-state index in [2.05, 4.69) is 9.47 Å². The van der Waals surface area contributed by atoms with E-state index >= 15 is 0 Å². The van der Waals surface area contributed by atoms with Crippen LogP contribution in [0.1, 0.15) is 20.3 Å². The zero-order valence-electron chi connectivity index (χ0n) is 11.3. The highest BCUT2D eigenvalue weighted by molar-refractivity contribution is 5.62. The number of ether oxygens (including phenoxy) is 4. The molecule has 20 heavy (non-hydrogen) atoms. The maximum atomic E-state index is 11.3. The summed E-state index contributed by atoms with van der Waals surface area (Å²) in [5.41, 5.74) is -1.51. The molecule has 1 aliphatic rings. The van der Waals surface area contributed by atoms with Crippen molar-refractivity contribution in [3.63, 3.8) is 0 Å². The van der Waals surface area contributed by atoms with Crippen LogP contribution in [0.4, 0.5) is 9.59 Å². The molecule has 1 rings (SSSR count). The minimum Gasteiger partial charge on any atom is -0.435 e. The van der Waals surface area contributed by atoms with Crippen LogP contribution in [0.25, 0.3) is 0 Å². The predicted molar refractivity (Wildman–Crippen MR) is 64.7 cm³/mol. The fraction of sp³-hybridized carbons (Fsp3) is 0.667. The van der Waals surface area contributed by atoms with Crippen LogP contribution < -0.4 is 0 Å². The van der Waals surface area contributed by atoms with Gasteiger partial charge in [-0.2, -0.15) is 0 Å². The quantitative estimate of drug-likeness (QED) is 0.432. The van der Waals surface area contributed by atoms with Gasteiger partial charge in [0.2, 0.25) is 5.79 Å². The van der Waals surface area contributed by atoms with Crippen molar-refractivity contribution in [2.24, 2.45) is 0 Å². The molecule has 0 radical (unpaired) electrons. The van der Waals surface area contributed by atoms with Gasteiger partial charge in [0, 0.05) is 0 Å². The van der Waals surface area contributed by atoms with Crippen molar-refractivity contribution in [2.45, 2.75) is 31.7 Å². The molecule has 0 spiro atoms. The largest absolute Gasteiger partial charge is 0.511 e. The Bertz CT molecular complexity index is 393. The van der Waals surface area contributed by atoms with Gasteiger partial charge in [-0.15, -0.1) is 0 Å². The molecule has 0 bridgehead atoms. The summed E-state index contributed by atoms with van der Waals surface area (Å²) in [6.07, 6.45) is -0.0625. The van der Waals surface area contributed by atoms with E-state index in [1.54, 1.807) is 13.8 Å². The Kier molecular flexibility index (Phi) is 5.34. The maximum Gasteiger partial charge on any atom is 0.511 e. The summed E-state index contributed by atoms with van der Waals surface area (Å²) in [7, 11) is 0. The molecule has 2 atom stereocenters. The molecule has 2 N–H and O–H groups in total. The van der Waals surface area contributed by atoms with Gasteiger partial charge in [0.15, 0.2) is 5.60 Å². The second-order valence-electron chi connectivity index (χ2n) is 4.15. The van der Waals surface area contributed by atoms with E-state index in [-0.39, 0.29) is 19.6 Å². The topological polar surface area (TPSA) is 112 Å². The van der Waals surface area contributed by atoms with E-state index < -0.39 is 30.3 Å². The molecule has 0 heterocycles. The first-order valence-corrected chi connectivity index (χ1v) is 6.14. The molecular formula is C12H18O8. The van der Waals surface area contributed by atoms with E-state index in [4.69, 9.17) is 9.47 Å². The van der Waals surface area contributed by atoms with Crippen LogP contribution in [0.3, 0.4) is 0 Å². The molecule has 0 unspecified atom stereocenters. The second-order valence-corrected chi connectivity index (χ2v) is 4.15. The molecule has 0 saturated carbocycles. The van der Waals surface area contributed by atoms with Crippen LogP contribution in [-0.2, 0) is 18.9 Å². The first kappa shape index (κ1) is 16.3. The molecule has 8 nitrogen and oxygen atoms in total. The number of aliphatic hydroxyl groups is 2. The van der Waals surface area contributed by atoms with Gasteiger partial charge in [-0.05, 0) is 26.0 Å². The molecule has 0 amide bonds. The van der Waals surface area contributed by atoms with Crippen LogP contribution in [0.5, 0.6) is 0 Å². The van der Waals surface area contributed by atoms with Gasteiger partial charge < -0.3 is 29.2 Å². The monoisotopic (exact) mass is 290 g/mol. The number of carbonyl (C=O) groups is 2. The van der Waals surface area contributed by atoms with Gasteiger partial charge in [0.25, 0.3) is 0 Å². The highest BCUT2D eigenvalue weighted by atomic mass is 16.8. The third-order valence-electron chi connectivity index (χ3n) is 2.54. The maximum absolute atomic E-state index is 11.3. The van der Waals surface area contributed by atoms with Crippen LogP contribution in [0.2, 0.25) is 0 Å². The van der Waals surface area contributed by atoms with Crippen molar-refractivity contribution in [1.82, 2.24) is 0 Å². The number of hydrogen-bond donors (Lipinski definition) is 2. The Hall–Kier alpha value is -1.80. The van der Waals surface area contributed by atoms with Crippen LogP contribution >= 0.6 is 0 Å². The van der Waals surface area contributed by atoms with E-state index in [1.165, 1.54) is 6.08 Å². The molecule has 0 aromatic heterocycles. The van der Waals surface area contributed by atoms with Crippen LogP contribution in [-0.4, -0.2) is 53.7 Å². The van der Waals surface area contributed by atoms with Gasteiger partial charge in [0.1, 0.15) is 0 Å². The van der Waals surface area contributed by atoms with E-state index in [0.29, 0.717) is 0 Å². The summed E-state index contributed by atoms with van der Waals surface area (Å²) in [5, 5.41) is 19.4. The standard InChI is InChI=1S/C12H18O8/c1-3-17-9(14)19-11(8-13)5-6-12(16,7-11)20-10(15)18-4-2/h5-6,13,16H,3-4,7-8H2,1-2H3/t11-,12+/m0/s1. The highest BCUT2D eigenvalue weighted by Gasteiger charge is 2.48. The molecule has 0 saturated heterocycles. The van der Waals surface area contributed by atoms with Crippen LogP contribution in [0, 0.1) is 0 Å². The lowest BCUT2D eigenvalue weighted by atomic mass is 10.0. The van der Waals surface area contributed by atoms with E-state index in [1.807, 2.05) is 0 Å². The molecule has 0 aliphatic heterocycles. The summed E-state index contributed by atoms with van der Waals surface area (Å²) in [5.74, 6) is -2.01. The molecular weight excluding hydrogens is 272 g/mol. The number of hydrogen-bond acceptors (Lipinski definition) is 8. The summed E-state index contributed by atoms with van der Waals surface area (Å²) in [4.78, 5) is 22.5. The lowest BCUT2D eigenvalue weighted by Crippen LogP contribution is -2.42. The summed E-state index contributed by atoms with van der Waals surface area (Å²) < 4.78 is 18.8. The predicted octanol–water partition coefficient (Wildman–Crippen LogP) is 0.712. The Morgan fingerprint density at radius 1 is 1.10 bits per heavy atom. The van der Waals surface area contributed by atoms with Crippen molar-refractivity contribution in [3.8, 4) is 0 Å². The summed E-state index contributed by atoms with van der Waals surface area (Å²) in [6.45, 7) is 2.77. The molecule has 1 aliphatic carbocycles. The molecule has 0 aromatic carbocycles. The zero-order chi connectivity index (χ0) is 15.2. The zero-order valence-corrected chi connectivity index (χ0v) is 11.3. The van der Waals surface area contributed by atoms with Crippen molar-refractivity contribution >= 4 is 12.3 Å². The Morgan fingerprint density at radius 3 is 2.15 bits per heavy atom. The van der Waals surface area contributed by atoms with Gasteiger partial charge >= 0.3 is 12.3 Å². The first-order valence-electron chi connectivity index (χ1n) is 6.14. The molecule has 0 aromatic rings. The third kappa shape index (κ3) is 4.10. The Morgan fingerprint density at radius 2 is 1.65 bits per heavy atom. The van der Waals surface area contributed by atoms with Crippen molar-refractivity contribution in [2.75, 3.05) is 19.8 Å². The smallest absolute Gasteiger partial charge is 0.435 e. The number of rotatable bonds is 5. The fourth-order valence-electron chi connectivity index (χ4n) is 1.71. The van der Waals surface area contributed by atoms with Crippen molar-refractivity contribution in [1.29, 1.82) is 0 Å². The molecule has 114 valence electrons. The number of carbonyl (C=O) groups excluding carboxylic acids is 2. The van der Waals surface area contributed by atoms with Gasteiger partial charge in [0.05, 0.1) is 26.2 Å². The van der Waals surface area contributed by atoms with Gasteiger partial charge in [-0.3, -0.25) is 0 Å². The Labute approximate surface area is 115 Å². The van der Waals surface area contributed by atoms with Crippen LogP contribution in [0.15, 0.2) is 12.2 Å². The second kappa shape index (κ2) is 6.58. The lowest BCUT2D eigenvalue weighted by Gasteiger charge is -2.28. The Balaban J connectivity index is 2.69. The average molecular weight is 290 g/mol. The SMILES string of the molecule is CCOC(=O)O[C@@]1(CO)C=C[C@@](O)(OC(=O)OCC)C1. The van der Waals surface area contributed by atoms with Crippen molar-refractivity contribution in [3.05, 3.63) is 12.2 Å². The average Bonchev–Trinajstić information content (AvgIpc) is 2.67. The summed E-state index contributed by atoms with van der Waals surface area (Å²) >= 11 is 0. The van der Waals surface area contributed by atoms with Crippen molar-refractivity contribution < 1.29 is 38.7 Å².